The fourth-order valence-corrected chi connectivity index (χ4v) is 4.54. The topological polar surface area (TPSA) is 57.2 Å². The van der Waals surface area contributed by atoms with Crippen LogP contribution in [0.15, 0.2) is 90.9 Å². The van der Waals surface area contributed by atoms with E-state index in [4.69, 9.17) is 23.7 Å². The molecule has 0 aromatic heterocycles. The molecular formula is C32H38O5Si. The van der Waals surface area contributed by atoms with Crippen molar-refractivity contribution in [3.05, 3.63) is 108 Å². The van der Waals surface area contributed by atoms with E-state index in [1.165, 1.54) is 0 Å². The number of aliphatic hydroxyl groups is 1. The Kier molecular flexibility index (Phi) is 10.1. The summed E-state index contributed by atoms with van der Waals surface area (Å²) in [6.45, 7) is 10.6. The Morgan fingerprint density at radius 3 is 1.84 bits per heavy atom. The van der Waals surface area contributed by atoms with E-state index in [0.29, 0.717) is 12.4 Å². The molecule has 3 rings (SSSR count). The maximum Gasteiger partial charge on any atom is 0.323 e. The van der Waals surface area contributed by atoms with Crippen molar-refractivity contribution in [2.75, 3.05) is 13.7 Å². The molecule has 0 spiro atoms. The van der Waals surface area contributed by atoms with Crippen molar-refractivity contribution in [3.8, 4) is 16.9 Å². The van der Waals surface area contributed by atoms with Gasteiger partial charge in [0.2, 0.25) is 8.32 Å². The summed E-state index contributed by atoms with van der Waals surface area (Å²) < 4.78 is 23.1. The molecule has 0 amide bonds. The normalized spacial score (nSPS) is 14.1. The highest BCUT2D eigenvalue weighted by Crippen LogP contribution is 2.24. The number of ether oxygens (including phenoxy) is 3. The molecule has 1 atom stereocenters. The summed E-state index contributed by atoms with van der Waals surface area (Å²) in [6, 6.07) is 24.2. The van der Waals surface area contributed by atoms with Crippen molar-refractivity contribution in [2.45, 2.75) is 39.5 Å². The number of hydrogen-bond donors (Lipinski definition) is 1. The maximum atomic E-state index is 8.94. The lowest BCUT2D eigenvalue weighted by Crippen LogP contribution is -2.37. The van der Waals surface area contributed by atoms with Crippen molar-refractivity contribution >= 4 is 26.5 Å². The van der Waals surface area contributed by atoms with Crippen LogP contribution in [0, 0.1) is 0 Å². The van der Waals surface area contributed by atoms with Crippen molar-refractivity contribution in [3.63, 3.8) is 0 Å². The second kappa shape index (κ2) is 13.3. The van der Waals surface area contributed by atoms with Gasteiger partial charge in [0.05, 0.1) is 12.9 Å². The summed E-state index contributed by atoms with van der Waals surface area (Å²) in [5.41, 5.74) is 5.28. The van der Waals surface area contributed by atoms with E-state index >= 15 is 0 Å². The van der Waals surface area contributed by atoms with Gasteiger partial charge in [0.15, 0.2) is 0 Å². The predicted molar refractivity (Wildman–Crippen MR) is 159 cm³/mol. The molecule has 0 saturated heterocycles. The second-order valence-electron chi connectivity index (χ2n) is 9.82. The van der Waals surface area contributed by atoms with Crippen molar-refractivity contribution < 1.29 is 23.7 Å². The molecule has 6 heteroatoms. The van der Waals surface area contributed by atoms with Crippen molar-refractivity contribution in [1.82, 2.24) is 0 Å². The van der Waals surface area contributed by atoms with Gasteiger partial charge in [-0.1, -0.05) is 66.7 Å². The van der Waals surface area contributed by atoms with Crippen molar-refractivity contribution in [1.29, 1.82) is 0 Å². The van der Waals surface area contributed by atoms with E-state index < -0.39 is 14.3 Å². The Morgan fingerprint density at radius 1 is 0.816 bits per heavy atom. The van der Waals surface area contributed by atoms with E-state index in [1.54, 1.807) is 20.1 Å². The average Bonchev–Trinajstić information content (AvgIpc) is 2.88. The average molecular weight is 531 g/mol. The monoisotopic (exact) mass is 530 g/mol. The van der Waals surface area contributed by atoms with Crippen LogP contribution in [0.25, 0.3) is 29.4 Å². The van der Waals surface area contributed by atoms with Crippen LogP contribution in [0.3, 0.4) is 0 Å². The number of hydrogen-bond acceptors (Lipinski definition) is 5. The quantitative estimate of drug-likeness (QED) is 0.110. The lowest BCUT2D eigenvalue weighted by Gasteiger charge is -2.28. The van der Waals surface area contributed by atoms with Crippen LogP contribution in [-0.4, -0.2) is 33.1 Å². The molecule has 0 fully saturated rings. The maximum absolute atomic E-state index is 8.94. The number of aliphatic hydroxyl groups excluding tert-OH is 1. The standard InChI is InChI=1S/C32H38O5Si/c1-7-35-32(2,34-3)36-30-19-12-25(13-20-30)14-21-31(37-38(4,5)6)24-27-10-17-29(18-11-27)28-15-8-26(9-16-28)22-23-33/h8-24,33H,7H2,1-6H3. The van der Waals surface area contributed by atoms with Crippen LogP contribution >= 0.6 is 0 Å². The van der Waals surface area contributed by atoms with E-state index in [9.17, 15) is 0 Å². The minimum atomic E-state index is -1.83. The summed E-state index contributed by atoms with van der Waals surface area (Å²) in [6.07, 6.45) is 8.82. The van der Waals surface area contributed by atoms with Gasteiger partial charge >= 0.3 is 5.97 Å². The highest BCUT2D eigenvalue weighted by molar-refractivity contribution is 6.70. The Hall–Kier alpha value is -3.58. The summed E-state index contributed by atoms with van der Waals surface area (Å²) >= 11 is 0. The first-order chi connectivity index (χ1) is 18.1. The number of benzene rings is 3. The number of rotatable bonds is 12. The summed E-state index contributed by atoms with van der Waals surface area (Å²) in [5.74, 6) is 0.359. The predicted octanol–water partition coefficient (Wildman–Crippen LogP) is 8.52. The molecule has 5 nitrogen and oxygen atoms in total. The van der Waals surface area contributed by atoms with E-state index in [2.05, 4.69) is 50.0 Å². The number of allylic oxidation sites excluding steroid dienone is 1. The Bertz CT molecular complexity index is 1240. The first kappa shape index (κ1) is 29.0. The summed E-state index contributed by atoms with van der Waals surface area (Å²) in [4.78, 5) is 0. The molecule has 38 heavy (non-hydrogen) atoms. The first-order valence-electron chi connectivity index (χ1n) is 12.7. The van der Waals surface area contributed by atoms with Gasteiger partial charge in [-0.05, 0) is 84.7 Å². The molecule has 0 saturated carbocycles. The molecule has 0 aliphatic carbocycles. The second-order valence-corrected chi connectivity index (χ2v) is 14.3. The summed E-state index contributed by atoms with van der Waals surface area (Å²) in [5, 5.41) is 8.94. The zero-order chi connectivity index (χ0) is 27.6. The van der Waals surface area contributed by atoms with Crippen LogP contribution in [0.5, 0.6) is 5.75 Å². The highest BCUT2D eigenvalue weighted by atomic mass is 28.4. The molecule has 0 aliphatic rings. The molecular weight excluding hydrogens is 492 g/mol. The van der Waals surface area contributed by atoms with E-state index in [-0.39, 0.29) is 0 Å². The summed E-state index contributed by atoms with van der Waals surface area (Å²) in [7, 11) is -0.270. The smallest absolute Gasteiger partial charge is 0.323 e. The zero-order valence-electron chi connectivity index (χ0n) is 23.1. The lowest BCUT2D eigenvalue weighted by atomic mass is 10.0. The third-order valence-corrected chi connectivity index (χ3v) is 6.40. The third kappa shape index (κ3) is 9.06. The SMILES string of the molecule is CCOC(C)(OC)Oc1ccc(C=CC(=Cc2ccc(-c3ccc(C=CO)cc3)cc2)O[Si](C)(C)C)cc1. The van der Waals surface area contributed by atoms with Crippen LogP contribution in [-0.2, 0) is 13.9 Å². The van der Waals surface area contributed by atoms with E-state index in [0.717, 1.165) is 39.8 Å². The molecule has 0 radical (unpaired) electrons. The van der Waals surface area contributed by atoms with Crippen LogP contribution in [0.1, 0.15) is 30.5 Å². The van der Waals surface area contributed by atoms with E-state index in [1.807, 2.05) is 67.6 Å². The van der Waals surface area contributed by atoms with Gasteiger partial charge in [-0.2, -0.15) is 0 Å². The fourth-order valence-electron chi connectivity index (χ4n) is 3.71. The molecule has 3 aromatic rings. The Balaban J connectivity index is 1.77. The molecule has 0 bridgehead atoms. The zero-order valence-corrected chi connectivity index (χ0v) is 24.1. The van der Waals surface area contributed by atoms with Gasteiger partial charge in [0, 0.05) is 14.0 Å². The van der Waals surface area contributed by atoms with Crippen LogP contribution < -0.4 is 4.74 Å². The fraction of sp³-hybridized carbons (Fsp3) is 0.250. The Morgan fingerprint density at radius 2 is 1.34 bits per heavy atom. The van der Waals surface area contributed by atoms with Gasteiger partial charge in [-0.25, -0.2) is 0 Å². The largest absolute Gasteiger partial charge is 0.544 e. The van der Waals surface area contributed by atoms with Gasteiger partial charge in [0.25, 0.3) is 0 Å². The van der Waals surface area contributed by atoms with Crippen molar-refractivity contribution in [2.24, 2.45) is 0 Å². The molecule has 1 unspecified atom stereocenters. The van der Waals surface area contributed by atoms with Gasteiger partial charge in [-0.3, -0.25) is 0 Å². The van der Waals surface area contributed by atoms with Gasteiger partial charge < -0.3 is 23.7 Å². The molecule has 3 aromatic carbocycles. The van der Waals surface area contributed by atoms with Crippen LogP contribution in [0.4, 0.5) is 0 Å². The third-order valence-electron chi connectivity index (χ3n) is 5.56. The lowest BCUT2D eigenvalue weighted by molar-refractivity contribution is -0.319. The molecule has 200 valence electrons. The first-order valence-corrected chi connectivity index (χ1v) is 16.1. The van der Waals surface area contributed by atoms with Crippen LogP contribution in [0.2, 0.25) is 19.6 Å². The van der Waals surface area contributed by atoms with Gasteiger partial charge in [0.1, 0.15) is 11.5 Å². The molecule has 0 heterocycles. The molecule has 0 aliphatic heterocycles. The number of methoxy groups -OCH3 is 1. The molecule has 1 N–H and O–H groups in total. The minimum Gasteiger partial charge on any atom is -0.544 e. The Labute approximate surface area is 227 Å². The van der Waals surface area contributed by atoms with Gasteiger partial charge in [-0.15, -0.1) is 0 Å². The minimum absolute atomic E-state index is 0.483. The highest BCUT2D eigenvalue weighted by Gasteiger charge is 2.26.